The van der Waals surface area contributed by atoms with Crippen molar-refractivity contribution in [2.24, 2.45) is 0 Å². The maximum absolute atomic E-state index is 12.7. The summed E-state index contributed by atoms with van der Waals surface area (Å²) in [5.74, 6) is 0. The molecule has 0 saturated carbocycles. The molecule has 1 aliphatic rings. The standard InChI is InChI=1S/C17H16F3N/c18-17(19,20)16-7-3-4-13(10-16)11-21-9-8-14-5-1-2-6-15(14)12-21/h1-7,10H,8-9,11-12H2/p+1. The molecule has 1 nitrogen and oxygen atoms in total. The molecule has 1 N–H and O–H groups in total. The Kier molecular flexibility index (Phi) is 3.72. The molecular formula is C17H17F3N+. The SMILES string of the molecule is FC(F)(F)c1cccc(C[NH+]2CCc3ccccc3C2)c1. The van der Waals surface area contributed by atoms with Crippen molar-refractivity contribution in [3.63, 3.8) is 0 Å². The number of quaternary nitrogens is 1. The fourth-order valence-electron chi connectivity index (χ4n) is 2.94. The van der Waals surface area contributed by atoms with Crippen molar-refractivity contribution in [3.8, 4) is 0 Å². The summed E-state index contributed by atoms with van der Waals surface area (Å²) in [6, 6.07) is 14.0. The van der Waals surface area contributed by atoms with Gasteiger partial charge in [0.25, 0.3) is 0 Å². The van der Waals surface area contributed by atoms with Crippen molar-refractivity contribution in [2.45, 2.75) is 25.7 Å². The fourth-order valence-corrected chi connectivity index (χ4v) is 2.94. The van der Waals surface area contributed by atoms with Crippen LogP contribution in [0.1, 0.15) is 22.3 Å². The summed E-state index contributed by atoms with van der Waals surface area (Å²) >= 11 is 0. The summed E-state index contributed by atoms with van der Waals surface area (Å²) in [4.78, 5) is 1.31. The molecule has 4 heteroatoms. The summed E-state index contributed by atoms with van der Waals surface area (Å²) in [6.07, 6.45) is -3.27. The van der Waals surface area contributed by atoms with Gasteiger partial charge in [0.15, 0.2) is 0 Å². The van der Waals surface area contributed by atoms with Crippen LogP contribution < -0.4 is 4.90 Å². The van der Waals surface area contributed by atoms with Crippen LogP contribution in [0.15, 0.2) is 48.5 Å². The number of rotatable bonds is 2. The Bertz CT molecular complexity index is 634. The van der Waals surface area contributed by atoms with Crippen molar-refractivity contribution in [2.75, 3.05) is 6.54 Å². The first-order valence-electron chi connectivity index (χ1n) is 7.09. The Morgan fingerprint density at radius 2 is 1.71 bits per heavy atom. The molecule has 0 radical (unpaired) electrons. The first-order chi connectivity index (χ1) is 10.0. The van der Waals surface area contributed by atoms with Crippen molar-refractivity contribution in [1.82, 2.24) is 0 Å². The second-order valence-corrected chi connectivity index (χ2v) is 5.57. The lowest BCUT2D eigenvalue weighted by atomic mass is 9.99. The quantitative estimate of drug-likeness (QED) is 0.868. The number of hydrogen-bond donors (Lipinski definition) is 1. The van der Waals surface area contributed by atoms with Gasteiger partial charge in [-0.2, -0.15) is 13.2 Å². The van der Waals surface area contributed by atoms with Crippen LogP contribution in [-0.2, 0) is 25.7 Å². The van der Waals surface area contributed by atoms with E-state index in [4.69, 9.17) is 0 Å². The van der Waals surface area contributed by atoms with Crippen LogP contribution in [0.4, 0.5) is 13.2 Å². The molecule has 0 aromatic heterocycles. The van der Waals surface area contributed by atoms with Crippen LogP contribution >= 0.6 is 0 Å². The van der Waals surface area contributed by atoms with E-state index in [-0.39, 0.29) is 0 Å². The average Bonchev–Trinajstić information content (AvgIpc) is 2.46. The Balaban J connectivity index is 1.74. The van der Waals surface area contributed by atoms with Crippen LogP contribution in [0.2, 0.25) is 0 Å². The Morgan fingerprint density at radius 1 is 0.952 bits per heavy atom. The lowest BCUT2D eigenvalue weighted by Crippen LogP contribution is -3.10. The molecule has 2 aromatic rings. The molecule has 0 bridgehead atoms. The summed E-state index contributed by atoms with van der Waals surface area (Å²) in [5.41, 5.74) is 2.87. The molecule has 21 heavy (non-hydrogen) atoms. The first-order valence-corrected chi connectivity index (χ1v) is 7.09. The van der Waals surface area contributed by atoms with Gasteiger partial charge in [-0.3, -0.25) is 0 Å². The maximum atomic E-state index is 12.7. The minimum atomic E-state index is -4.26. The van der Waals surface area contributed by atoms with Crippen molar-refractivity contribution in [3.05, 3.63) is 70.8 Å². The van der Waals surface area contributed by atoms with Gasteiger partial charge in [-0.05, 0) is 17.7 Å². The lowest BCUT2D eigenvalue weighted by molar-refractivity contribution is -0.929. The van der Waals surface area contributed by atoms with E-state index in [1.807, 2.05) is 12.1 Å². The number of nitrogens with one attached hydrogen (secondary N) is 1. The largest absolute Gasteiger partial charge is 0.416 e. The molecule has 2 aromatic carbocycles. The van der Waals surface area contributed by atoms with Gasteiger partial charge in [0.2, 0.25) is 0 Å². The molecular weight excluding hydrogens is 275 g/mol. The van der Waals surface area contributed by atoms with Crippen LogP contribution in [0.5, 0.6) is 0 Å². The van der Waals surface area contributed by atoms with Gasteiger partial charge in [-0.25, -0.2) is 0 Å². The summed E-state index contributed by atoms with van der Waals surface area (Å²) in [7, 11) is 0. The highest BCUT2D eigenvalue weighted by atomic mass is 19.4. The van der Waals surface area contributed by atoms with E-state index < -0.39 is 11.7 Å². The minimum Gasteiger partial charge on any atom is -0.327 e. The highest BCUT2D eigenvalue weighted by molar-refractivity contribution is 5.28. The number of alkyl halides is 3. The summed E-state index contributed by atoms with van der Waals surface area (Å²) < 4.78 is 38.2. The average molecular weight is 292 g/mol. The molecule has 3 rings (SSSR count). The summed E-state index contributed by atoms with van der Waals surface area (Å²) in [6.45, 7) is 2.48. The zero-order valence-corrected chi connectivity index (χ0v) is 11.6. The van der Waals surface area contributed by atoms with Crippen molar-refractivity contribution >= 4 is 0 Å². The highest BCUT2D eigenvalue weighted by Gasteiger charge is 2.30. The Labute approximate surface area is 122 Å². The van der Waals surface area contributed by atoms with Gasteiger partial charge in [0, 0.05) is 17.5 Å². The number of fused-ring (bicyclic) bond motifs is 1. The maximum Gasteiger partial charge on any atom is 0.416 e. The minimum absolute atomic E-state index is 0.559. The van der Waals surface area contributed by atoms with Gasteiger partial charge in [0.1, 0.15) is 13.1 Å². The third kappa shape index (κ3) is 3.27. The van der Waals surface area contributed by atoms with E-state index in [2.05, 4.69) is 12.1 Å². The van der Waals surface area contributed by atoms with Crippen LogP contribution in [0.3, 0.4) is 0 Å². The number of hydrogen-bond acceptors (Lipinski definition) is 0. The molecule has 0 aliphatic carbocycles. The van der Waals surface area contributed by atoms with E-state index in [0.717, 1.165) is 31.1 Å². The van der Waals surface area contributed by atoms with Crippen LogP contribution in [0.25, 0.3) is 0 Å². The van der Waals surface area contributed by atoms with E-state index >= 15 is 0 Å². The van der Waals surface area contributed by atoms with Gasteiger partial charge in [0.05, 0.1) is 12.1 Å². The van der Waals surface area contributed by atoms with E-state index in [9.17, 15) is 13.2 Å². The highest BCUT2D eigenvalue weighted by Crippen LogP contribution is 2.29. The molecule has 1 unspecified atom stereocenters. The van der Waals surface area contributed by atoms with Gasteiger partial charge >= 0.3 is 6.18 Å². The van der Waals surface area contributed by atoms with Crippen molar-refractivity contribution < 1.29 is 18.1 Å². The third-order valence-electron chi connectivity index (χ3n) is 4.02. The van der Waals surface area contributed by atoms with Gasteiger partial charge in [-0.15, -0.1) is 0 Å². The molecule has 0 fully saturated rings. The zero-order valence-electron chi connectivity index (χ0n) is 11.6. The molecule has 1 heterocycles. The second-order valence-electron chi connectivity index (χ2n) is 5.57. The number of benzene rings is 2. The summed E-state index contributed by atoms with van der Waals surface area (Å²) in [5, 5.41) is 0. The predicted octanol–water partition coefficient (Wildman–Crippen LogP) is 2.85. The van der Waals surface area contributed by atoms with E-state index in [1.54, 1.807) is 6.07 Å². The van der Waals surface area contributed by atoms with E-state index in [0.29, 0.717) is 6.54 Å². The predicted molar refractivity (Wildman–Crippen MR) is 74.8 cm³/mol. The topological polar surface area (TPSA) is 4.44 Å². The van der Waals surface area contributed by atoms with E-state index in [1.165, 1.54) is 28.2 Å². The molecule has 0 saturated heterocycles. The molecule has 1 aliphatic heterocycles. The Hall–Kier alpha value is -1.81. The van der Waals surface area contributed by atoms with Crippen LogP contribution in [-0.4, -0.2) is 6.54 Å². The van der Waals surface area contributed by atoms with Gasteiger partial charge in [-0.1, -0.05) is 36.4 Å². The lowest BCUT2D eigenvalue weighted by Gasteiger charge is -2.26. The Morgan fingerprint density at radius 3 is 2.48 bits per heavy atom. The van der Waals surface area contributed by atoms with Crippen LogP contribution in [0, 0.1) is 0 Å². The zero-order chi connectivity index (χ0) is 14.9. The normalized spacial score (nSPS) is 18.3. The molecule has 110 valence electrons. The fraction of sp³-hybridized carbons (Fsp3) is 0.294. The van der Waals surface area contributed by atoms with Gasteiger partial charge < -0.3 is 4.90 Å². The van der Waals surface area contributed by atoms with Crippen molar-refractivity contribution in [1.29, 1.82) is 0 Å². The molecule has 0 amide bonds. The first kappa shape index (κ1) is 14.1. The number of halogens is 3. The monoisotopic (exact) mass is 292 g/mol. The third-order valence-corrected chi connectivity index (χ3v) is 4.02. The molecule has 1 atom stereocenters. The molecule has 0 spiro atoms. The smallest absolute Gasteiger partial charge is 0.327 e. The second kappa shape index (κ2) is 5.53.